The summed E-state index contributed by atoms with van der Waals surface area (Å²) in [5, 5.41) is 19.4. The summed E-state index contributed by atoms with van der Waals surface area (Å²) in [6.45, 7) is 7.23. The first-order valence-electron chi connectivity index (χ1n) is 11.4. The van der Waals surface area contributed by atoms with E-state index >= 15 is 0 Å². The Labute approximate surface area is 197 Å². The first-order chi connectivity index (χ1) is 16.0. The molecule has 1 atom stereocenters. The summed E-state index contributed by atoms with van der Waals surface area (Å²) < 4.78 is 2.22. The van der Waals surface area contributed by atoms with Crippen molar-refractivity contribution in [2.75, 3.05) is 18.0 Å². The van der Waals surface area contributed by atoms with Crippen molar-refractivity contribution in [2.45, 2.75) is 51.7 Å². The maximum atomic E-state index is 9.51. The van der Waals surface area contributed by atoms with Crippen LogP contribution in [0.15, 0.2) is 30.6 Å². The smallest absolute Gasteiger partial charge is 0.151 e. The molecule has 2 aromatic heterocycles. The summed E-state index contributed by atoms with van der Waals surface area (Å²) >= 11 is 6.33. The third-order valence-electron chi connectivity index (χ3n) is 7.42. The number of hydrogen-bond donors (Lipinski definition) is 0. The fourth-order valence-corrected chi connectivity index (χ4v) is 5.92. The summed E-state index contributed by atoms with van der Waals surface area (Å²) in [4.78, 5) is 13.4. The van der Waals surface area contributed by atoms with Gasteiger partial charge in [0, 0.05) is 48.4 Å². The SMILES string of the molecule is Cc1nccnc1N1CC2(CC(c3nnc4n3-c3ccc(Cl)cc3CN(C(C)C#N)C4)C2)C1. The number of aromatic nitrogens is 5. The molecule has 4 heterocycles. The second kappa shape index (κ2) is 7.51. The predicted octanol–water partition coefficient (Wildman–Crippen LogP) is 3.63. The Morgan fingerprint density at radius 1 is 1.15 bits per heavy atom. The van der Waals surface area contributed by atoms with Crippen LogP contribution in [0.5, 0.6) is 0 Å². The minimum Gasteiger partial charge on any atom is -0.354 e. The van der Waals surface area contributed by atoms with Crippen molar-refractivity contribution in [3.8, 4) is 11.8 Å². The van der Waals surface area contributed by atoms with Crippen LogP contribution >= 0.6 is 11.6 Å². The van der Waals surface area contributed by atoms with Gasteiger partial charge in [0.25, 0.3) is 0 Å². The molecule has 9 heteroatoms. The number of hydrogen-bond acceptors (Lipinski definition) is 7. The molecule has 8 nitrogen and oxygen atoms in total. The molecule has 1 saturated carbocycles. The van der Waals surface area contributed by atoms with Gasteiger partial charge in [0.15, 0.2) is 5.82 Å². The fraction of sp³-hybridized carbons (Fsp3) is 0.458. The average molecular weight is 461 g/mol. The van der Waals surface area contributed by atoms with E-state index < -0.39 is 0 Å². The molecule has 6 rings (SSSR count). The summed E-state index contributed by atoms with van der Waals surface area (Å²) in [5.74, 6) is 3.29. The molecule has 168 valence electrons. The van der Waals surface area contributed by atoms with Crippen LogP contribution in [0, 0.1) is 23.7 Å². The molecule has 1 aliphatic carbocycles. The van der Waals surface area contributed by atoms with Gasteiger partial charge in [-0.05, 0) is 50.5 Å². The first-order valence-corrected chi connectivity index (χ1v) is 11.7. The van der Waals surface area contributed by atoms with E-state index in [0.717, 1.165) is 60.3 Å². The van der Waals surface area contributed by atoms with E-state index in [0.29, 0.717) is 29.4 Å². The molecule has 1 unspecified atom stereocenters. The van der Waals surface area contributed by atoms with Crippen LogP contribution in [0.1, 0.15) is 48.6 Å². The van der Waals surface area contributed by atoms with Gasteiger partial charge in [-0.1, -0.05) is 11.6 Å². The van der Waals surface area contributed by atoms with Crippen molar-refractivity contribution in [3.63, 3.8) is 0 Å². The van der Waals surface area contributed by atoms with E-state index in [4.69, 9.17) is 11.6 Å². The number of nitrogens with zero attached hydrogens (tertiary/aromatic N) is 8. The number of nitriles is 1. The molecule has 1 spiro atoms. The first kappa shape index (κ1) is 20.6. The Morgan fingerprint density at radius 3 is 2.70 bits per heavy atom. The zero-order chi connectivity index (χ0) is 22.7. The molecule has 0 radical (unpaired) electrons. The van der Waals surface area contributed by atoms with Gasteiger partial charge in [-0.2, -0.15) is 5.26 Å². The molecule has 1 saturated heterocycles. The van der Waals surface area contributed by atoms with Crippen LogP contribution in [0.25, 0.3) is 5.69 Å². The molecule has 2 aliphatic heterocycles. The predicted molar refractivity (Wildman–Crippen MR) is 124 cm³/mol. The number of rotatable bonds is 3. The third kappa shape index (κ3) is 3.30. The van der Waals surface area contributed by atoms with Crippen LogP contribution in [-0.2, 0) is 13.1 Å². The number of benzene rings is 1. The van der Waals surface area contributed by atoms with Crippen LogP contribution in [-0.4, -0.2) is 48.8 Å². The lowest BCUT2D eigenvalue weighted by molar-refractivity contribution is 0.0580. The second-order valence-electron chi connectivity index (χ2n) is 9.72. The highest BCUT2D eigenvalue weighted by molar-refractivity contribution is 6.30. The Hall–Kier alpha value is -3.02. The van der Waals surface area contributed by atoms with Gasteiger partial charge in [0.1, 0.15) is 11.6 Å². The molecule has 0 amide bonds. The van der Waals surface area contributed by atoms with E-state index in [1.807, 2.05) is 26.0 Å². The van der Waals surface area contributed by atoms with Crippen molar-refractivity contribution in [3.05, 3.63) is 58.5 Å². The lowest BCUT2D eigenvalue weighted by atomic mass is 9.57. The molecular weight excluding hydrogens is 436 g/mol. The van der Waals surface area contributed by atoms with E-state index in [1.165, 1.54) is 0 Å². The number of anilines is 1. The Bertz CT molecular complexity index is 1260. The highest BCUT2D eigenvalue weighted by Crippen LogP contribution is 2.56. The van der Waals surface area contributed by atoms with Crippen LogP contribution in [0.4, 0.5) is 5.82 Å². The van der Waals surface area contributed by atoms with Crippen LogP contribution in [0.2, 0.25) is 5.02 Å². The van der Waals surface area contributed by atoms with Crippen molar-refractivity contribution in [2.24, 2.45) is 5.41 Å². The highest BCUT2D eigenvalue weighted by atomic mass is 35.5. The Morgan fingerprint density at radius 2 is 1.94 bits per heavy atom. The quantitative estimate of drug-likeness (QED) is 0.589. The van der Waals surface area contributed by atoms with Crippen molar-refractivity contribution in [1.29, 1.82) is 5.26 Å². The zero-order valence-electron chi connectivity index (χ0n) is 18.7. The topological polar surface area (TPSA) is 86.8 Å². The van der Waals surface area contributed by atoms with Gasteiger partial charge in [-0.25, -0.2) is 4.98 Å². The maximum Gasteiger partial charge on any atom is 0.151 e. The highest BCUT2D eigenvalue weighted by Gasteiger charge is 2.54. The molecule has 0 bridgehead atoms. The average Bonchev–Trinajstić information content (AvgIpc) is 3.07. The van der Waals surface area contributed by atoms with Gasteiger partial charge < -0.3 is 4.90 Å². The zero-order valence-corrected chi connectivity index (χ0v) is 19.5. The largest absolute Gasteiger partial charge is 0.354 e. The fourth-order valence-electron chi connectivity index (χ4n) is 5.72. The summed E-state index contributed by atoms with van der Waals surface area (Å²) in [7, 11) is 0. The lowest BCUT2D eigenvalue weighted by Crippen LogP contribution is -2.62. The second-order valence-corrected chi connectivity index (χ2v) is 10.2. The standard InChI is InChI=1S/C24H25ClN8/c1-15(10-26)31-11-17-7-19(25)3-4-20(17)33-21(12-31)29-30-23(33)18-8-24(9-18)13-32(14-24)22-16(2)27-5-6-28-22/h3-7,15,18H,8-9,11-14H2,1-2H3. The van der Waals surface area contributed by atoms with Gasteiger partial charge in [-0.3, -0.25) is 14.5 Å². The van der Waals surface area contributed by atoms with E-state index in [2.05, 4.69) is 46.7 Å². The molecule has 2 fully saturated rings. The third-order valence-corrected chi connectivity index (χ3v) is 7.66. The van der Waals surface area contributed by atoms with Gasteiger partial charge >= 0.3 is 0 Å². The Balaban J connectivity index is 1.26. The summed E-state index contributed by atoms with van der Waals surface area (Å²) in [6.07, 6.45) is 5.71. The van der Waals surface area contributed by atoms with Crippen molar-refractivity contribution >= 4 is 17.4 Å². The van der Waals surface area contributed by atoms with E-state index in [9.17, 15) is 5.26 Å². The molecular formula is C24H25ClN8. The molecule has 1 aromatic carbocycles. The molecule has 3 aromatic rings. The minimum atomic E-state index is -0.221. The van der Waals surface area contributed by atoms with Crippen molar-refractivity contribution < 1.29 is 0 Å². The Kier molecular flexibility index (Phi) is 4.68. The van der Waals surface area contributed by atoms with E-state index in [-0.39, 0.29) is 6.04 Å². The normalized spacial score (nSPS) is 20.2. The van der Waals surface area contributed by atoms with Crippen molar-refractivity contribution in [1.82, 2.24) is 29.6 Å². The van der Waals surface area contributed by atoms with Gasteiger partial charge in [0.05, 0.1) is 30.0 Å². The minimum absolute atomic E-state index is 0.221. The van der Waals surface area contributed by atoms with Crippen LogP contribution in [0.3, 0.4) is 0 Å². The molecule has 33 heavy (non-hydrogen) atoms. The van der Waals surface area contributed by atoms with Gasteiger partial charge in [-0.15, -0.1) is 10.2 Å². The lowest BCUT2D eigenvalue weighted by Gasteiger charge is -2.59. The molecule has 3 aliphatic rings. The number of aryl methyl sites for hydroxylation is 1. The van der Waals surface area contributed by atoms with Crippen LogP contribution < -0.4 is 4.90 Å². The summed E-state index contributed by atoms with van der Waals surface area (Å²) in [6, 6.07) is 8.12. The summed E-state index contributed by atoms with van der Waals surface area (Å²) in [5.41, 5.74) is 3.49. The maximum absolute atomic E-state index is 9.51. The monoisotopic (exact) mass is 460 g/mol. The number of fused-ring (bicyclic) bond motifs is 3. The van der Waals surface area contributed by atoms with Gasteiger partial charge in [0.2, 0.25) is 0 Å². The number of halogens is 1. The molecule has 0 N–H and O–H groups in total. The van der Waals surface area contributed by atoms with E-state index in [1.54, 1.807) is 12.4 Å².